The Morgan fingerprint density at radius 2 is 1.68 bits per heavy atom. The Hall–Kier alpha value is -3.72. The zero-order valence-electron chi connectivity index (χ0n) is 20.6. The summed E-state index contributed by atoms with van der Waals surface area (Å²) >= 11 is 0. The van der Waals surface area contributed by atoms with Crippen molar-refractivity contribution in [2.45, 2.75) is 36.6 Å². The first kappa shape index (κ1) is 29.3. The number of hydrogen-bond donors (Lipinski definition) is 2. The van der Waals surface area contributed by atoms with Crippen LogP contribution in [0.1, 0.15) is 39.9 Å². The second-order valence-electron chi connectivity index (χ2n) is 9.33. The first-order valence-electron chi connectivity index (χ1n) is 11.9. The molecule has 0 radical (unpaired) electrons. The van der Waals surface area contributed by atoms with Crippen LogP contribution in [0.5, 0.6) is 0 Å². The molecule has 1 saturated heterocycles. The highest BCUT2D eigenvalue weighted by molar-refractivity contribution is 7.89. The summed E-state index contributed by atoms with van der Waals surface area (Å²) in [6.07, 6.45) is -5.81. The molecule has 3 aromatic rings. The van der Waals surface area contributed by atoms with Crippen LogP contribution in [0.3, 0.4) is 0 Å². The SMILES string of the molecule is NS(=O)(=O)c1cc(NC(=O)c2cc(C(F)(F)F)cnc2N2CCCC(Cc3ccc(C(F)(F)F)cc3)C2)ccn1. The van der Waals surface area contributed by atoms with E-state index in [4.69, 9.17) is 5.14 Å². The largest absolute Gasteiger partial charge is 0.417 e. The third kappa shape index (κ3) is 7.07. The van der Waals surface area contributed by atoms with E-state index in [1.54, 1.807) is 4.90 Å². The van der Waals surface area contributed by atoms with Gasteiger partial charge in [0.25, 0.3) is 15.9 Å². The second-order valence-corrected chi connectivity index (χ2v) is 10.8. The predicted molar refractivity (Wildman–Crippen MR) is 133 cm³/mol. The summed E-state index contributed by atoms with van der Waals surface area (Å²) in [4.78, 5) is 22.4. The van der Waals surface area contributed by atoms with Crippen LogP contribution in [-0.2, 0) is 28.8 Å². The summed E-state index contributed by atoms with van der Waals surface area (Å²) in [7, 11) is -4.21. The van der Waals surface area contributed by atoms with Gasteiger partial charge in [-0.1, -0.05) is 12.1 Å². The van der Waals surface area contributed by atoms with Crippen molar-refractivity contribution in [3.05, 3.63) is 77.1 Å². The number of piperidine rings is 1. The topological polar surface area (TPSA) is 118 Å². The van der Waals surface area contributed by atoms with Crippen molar-refractivity contribution in [3.8, 4) is 0 Å². The molecule has 1 aliphatic rings. The molecular weight excluding hydrogens is 564 g/mol. The third-order valence-electron chi connectivity index (χ3n) is 6.35. The number of carbonyl (C=O) groups excluding carboxylic acids is 1. The minimum absolute atomic E-state index is 0.0108. The Morgan fingerprint density at radius 1 is 1.00 bits per heavy atom. The predicted octanol–water partition coefficient (Wildman–Crippen LogP) is 4.87. The summed E-state index contributed by atoms with van der Waals surface area (Å²) in [5, 5.41) is 6.88. The summed E-state index contributed by atoms with van der Waals surface area (Å²) in [6, 6.07) is 7.65. The van der Waals surface area contributed by atoms with Gasteiger partial charge in [-0.25, -0.2) is 23.5 Å². The normalized spacial score (nSPS) is 16.6. The highest BCUT2D eigenvalue weighted by atomic mass is 32.2. The number of sulfonamides is 1. The molecule has 0 aliphatic carbocycles. The van der Waals surface area contributed by atoms with Crippen molar-refractivity contribution in [1.29, 1.82) is 0 Å². The van der Waals surface area contributed by atoms with E-state index in [1.165, 1.54) is 18.2 Å². The molecule has 0 saturated carbocycles. The Labute approximate surface area is 225 Å². The van der Waals surface area contributed by atoms with E-state index in [9.17, 15) is 39.6 Å². The third-order valence-corrected chi connectivity index (χ3v) is 7.15. The lowest BCUT2D eigenvalue weighted by Gasteiger charge is -2.34. The number of nitrogens with zero attached hydrogens (tertiary/aromatic N) is 3. The number of rotatable bonds is 6. The van der Waals surface area contributed by atoms with Crippen molar-refractivity contribution in [1.82, 2.24) is 9.97 Å². The Bertz CT molecular complexity index is 1490. The summed E-state index contributed by atoms with van der Waals surface area (Å²) in [5.41, 5.74) is -1.71. The molecule has 1 aliphatic heterocycles. The minimum Gasteiger partial charge on any atom is -0.356 e. The zero-order chi connectivity index (χ0) is 29.3. The molecule has 3 N–H and O–H groups in total. The van der Waals surface area contributed by atoms with E-state index in [1.807, 2.05) is 0 Å². The van der Waals surface area contributed by atoms with Crippen LogP contribution in [0.15, 0.2) is 59.9 Å². The van der Waals surface area contributed by atoms with Crippen molar-refractivity contribution < 1.29 is 39.6 Å². The molecule has 1 unspecified atom stereocenters. The molecule has 3 heterocycles. The number of primary sulfonamides is 1. The van der Waals surface area contributed by atoms with E-state index in [2.05, 4.69) is 15.3 Å². The van der Waals surface area contributed by atoms with Crippen LogP contribution in [0.4, 0.5) is 37.8 Å². The molecular formula is C25H23F6N5O3S. The number of anilines is 2. The standard InChI is InChI=1S/C25H23F6N5O3S/c26-24(27,28)17-5-3-15(4-6-17)10-16-2-1-9-36(14-16)22-20(11-18(13-34-22)25(29,30)31)23(37)35-19-7-8-33-21(12-19)40(32,38)39/h3-8,11-13,16H,1-2,9-10,14H2,(H2,32,38,39)(H,33,35,37). The van der Waals surface area contributed by atoms with Crippen LogP contribution in [-0.4, -0.2) is 37.4 Å². The number of hydrogen-bond acceptors (Lipinski definition) is 6. The maximum absolute atomic E-state index is 13.5. The van der Waals surface area contributed by atoms with Gasteiger partial charge in [0.2, 0.25) is 0 Å². The maximum atomic E-state index is 13.5. The van der Waals surface area contributed by atoms with Crippen LogP contribution in [0.25, 0.3) is 0 Å². The molecule has 0 bridgehead atoms. The van der Waals surface area contributed by atoms with Gasteiger partial charge in [-0.3, -0.25) is 4.79 Å². The van der Waals surface area contributed by atoms with Crippen molar-refractivity contribution in [2.75, 3.05) is 23.3 Å². The second kappa shape index (κ2) is 11.0. The van der Waals surface area contributed by atoms with E-state index in [0.717, 1.165) is 24.4 Å². The Balaban J connectivity index is 1.59. The van der Waals surface area contributed by atoms with E-state index in [0.29, 0.717) is 50.2 Å². The molecule has 15 heteroatoms. The van der Waals surface area contributed by atoms with Gasteiger partial charge in [0.1, 0.15) is 5.82 Å². The van der Waals surface area contributed by atoms with Crippen molar-refractivity contribution in [3.63, 3.8) is 0 Å². The average Bonchev–Trinajstić information content (AvgIpc) is 2.87. The smallest absolute Gasteiger partial charge is 0.356 e. The number of aromatic nitrogens is 2. The molecule has 8 nitrogen and oxygen atoms in total. The molecule has 1 aromatic carbocycles. The van der Waals surface area contributed by atoms with E-state index in [-0.39, 0.29) is 23.0 Å². The molecule has 40 heavy (non-hydrogen) atoms. The number of benzene rings is 1. The fourth-order valence-electron chi connectivity index (χ4n) is 4.46. The van der Waals surface area contributed by atoms with Gasteiger partial charge in [-0.15, -0.1) is 0 Å². The van der Waals surface area contributed by atoms with Gasteiger partial charge in [-0.05, 0) is 55.0 Å². The summed E-state index contributed by atoms with van der Waals surface area (Å²) in [5.74, 6) is -1.05. The van der Waals surface area contributed by atoms with E-state index >= 15 is 0 Å². The monoisotopic (exact) mass is 587 g/mol. The molecule has 214 valence electrons. The fourth-order valence-corrected chi connectivity index (χ4v) is 4.96. The van der Waals surface area contributed by atoms with Crippen molar-refractivity contribution in [2.24, 2.45) is 11.1 Å². The quantitative estimate of drug-likeness (QED) is 0.398. The number of nitrogens with two attached hydrogens (primary N) is 1. The van der Waals surface area contributed by atoms with E-state index < -0.39 is 44.4 Å². The molecule has 2 aromatic heterocycles. The average molecular weight is 588 g/mol. The van der Waals surface area contributed by atoms with Gasteiger partial charge in [0.15, 0.2) is 5.03 Å². The molecule has 4 rings (SSSR count). The molecule has 1 atom stereocenters. The lowest BCUT2D eigenvalue weighted by molar-refractivity contribution is -0.138. The Morgan fingerprint density at radius 3 is 2.30 bits per heavy atom. The van der Waals surface area contributed by atoms with Gasteiger partial charge >= 0.3 is 12.4 Å². The molecule has 1 fully saturated rings. The first-order chi connectivity index (χ1) is 18.6. The van der Waals surface area contributed by atoms with Gasteiger partial charge < -0.3 is 10.2 Å². The fraction of sp³-hybridized carbons (Fsp3) is 0.320. The number of pyridine rings is 2. The van der Waals surface area contributed by atoms with Gasteiger partial charge in [0, 0.05) is 37.2 Å². The summed E-state index contributed by atoms with van der Waals surface area (Å²) < 4.78 is 102. The molecule has 1 amide bonds. The van der Waals surface area contributed by atoms with Crippen LogP contribution in [0.2, 0.25) is 0 Å². The van der Waals surface area contributed by atoms with Crippen LogP contribution < -0.4 is 15.4 Å². The highest BCUT2D eigenvalue weighted by Crippen LogP contribution is 2.34. The van der Waals surface area contributed by atoms with Gasteiger partial charge in [0.05, 0.1) is 16.7 Å². The number of carbonyl (C=O) groups is 1. The van der Waals surface area contributed by atoms with Gasteiger partial charge in [-0.2, -0.15) is 26.3 Å². The maximum Gasteiger partial charge on any atom is 0.417 e. The number of halogens is 6. The lowest BCUT2D eigenvalue weighted by Crippen LogP contribution is -2.38. The minimum atomic E-state index is -4.79. The zero-order valence-corrected chi connectivity index (χ0v) is 21.4. The molecule has 0 spiro atoms. The Kier molecular flexibility index (Phi) is 8.08. The highest BCUT2D eigenvalue weighted by Gasteiger charge is 2.34. The number of nitrogens with one attached hydrogen (secondary N) is 1. The lowest BCUT2D eigenvalue weighted by atomic mass is 9.90. The van der Waals surface area contributed by atoms with Crippen molar-refractivity contribution >= 4 is 27.4 Å². The van der Waals surface area contributed by atoms with Crippen LogP contribution >= 0.6 is 0 Å². The summed E-state index contributed by atoms with van der Waals surface area (Å²) in [6.45, 7) is 0.678. The first-order valence-corrected chi connectivity index (χ1v) is 13.4. The van der Waals surface area contributed by atoms with Crippen LogP contribution in [0, 0.1) is 5.92 Å². The number of alkyl halides is 6. The number of amides is 1.